The van der Waals surface area contributed by atoms with Crippen molar-refractivity contribution >= 4 is 5.97 Å². The van der Waals surface area contributed by atoms with E-state index in [2.05, 4.69) is 6.58 Å². The summed E-state index contributed by atoms with van der Waals surface area (Å²) >= 11 is 0. The maximum Gasteiger partial charge on any atom is 0.353 e. The van der Waals surface area contributed by atoms with Gasteiger partial charge in [0.2, 0.25) is 0 Å². The monoisotopic (exact) mass is 232 g/mol. The minimum Gasteiger partial charge on any atom is -0.402 e. The molecule has 0 spiro atoms. The lowest BCUT2D eigenvalue weighted by molar-refractivity contribution is -0.366. The topological polar surface area (TPSA) is 54.0 Å². The molecule has 1 atom stereocenters. The van der Waals surface area contributed by atoms with Crippen LogP contribution in [0.25, 0.3) is 0 Å². The quantitative estimate of drug-likeness (QED) is 0.360. The summed E-state index contributed by atoms with van der Waals surface area (Å²) in [6.07, 6.45) is 0. The first-order valence-electron chi connectivity index (χ1n) is 5.17. The van der Waals surface area contributed by atoms with Crippen molar-refractivity contribution in [2.24, 2.45) is 0 Å². The van der Waals surface area contributed by atoms with E-state index < -0.39 is 11.9 Å². The largest absolute Gasteiger partial charge is 0.402 e. The van der Waals surface area contributed by atoms with Gasteiger partial charge >= 0.3 is 11.9 Å². The van der Waals surface area contributed by atoms with Crippen LogP contribution in [0.1, 0.15) is 20.8 Å². The zero-order valence-corrected chi connectivity index (χ0v) is 10.4. The molecular weight excluding hydrogens is 212 g/mol. The molecule has 0 radical (unpaired) electrons. The molecule has 0 aromatic carbocycles. The lowest BCUT2D eigenvalue weighted by atomic mass is 10.3. The molecule has 0 aromatic heterocycles. The van der Waals surface area contributed by atoms with E-state index >= 15 is 0 Å². The summed E-state index contributed by atoms with van der Waals surface area (Å²) in [5.41, 5.74) is 0.276. The Bertz CT molecular complexity index is 239. The Hall–Kier alpha value is -0.910. The Kier molecular flexibility index (Phi) is 6.96. The number of methoxy groups -OCH3 is 1. The molecule has 0 aliphatic heterocycles. The van der Waals surface area contributed by atoms with Gasteiger partial charge in [-0.25, -0.2) is 4.79 Å². The van der Waals surface area contributed by atoms with Gasteiger partial charge in [-0.05, 0) is 20.8 Å². The lowest BCUT2D eigenvalue weighted by Gasteiger charge is -2.30. The summed E-state index contributed by atoms with van der Waals surface area (Å²) in [7, 11) is 1.39. The Morgan fingerprint density at radius 3 is 2.31 bits per heavy atom. The van der Waals surface area contributed by atoms with Crippen molar-refractivity contribution in [3.63, 3.8) is 0 Å². The fourth-order valence-corrected chi connectivity index (χ4v) is 0.935. The van der Waals surface area contributed by atoms with Crippen molar-refractivity contribution in [1.82, 2.24) is 0 Å². The first-order chi connectivity index (χ1) is 7.51. The lowest BCUT2D eigenvalue weighted by Crippen LogP contribution is -2.44. The normalized spacial score (nSPS) is 14.2. The SMILES string of the molecule is C=C(C)C(=O)OC(COCC)(OC)OCC. The highest BCUT2D eigenvalue weighted by molar-refractivity contribution is 5.87. The van der Waals surface area contributed by atoms with Gasteiger partial charge in [0.25, 0.3) is 0 Å². The number of hydrogen-bond acceptors (Lipinski definition) is 5. The van der Waals surface area contributed by atoms with Crippen LogP contribution in [0.15, 0.2) is 12.2 Å². The van der Waals surface area contributed by atoms with Crippen LogP contribution in [0, 0.1) is 0 Å². The molecule has 0 aromatic rings. The molecule has 1 unspecified atom stereocenters. The van der Waals surface area contributed by atoms with Crippen LogP contribution in [-0.2, 0) is 23.7 Å². The highest BCUT2D eigenvalue weighted by Gasteiger charge is 2.36. The van der Waals surface area contributed by atoms with Gasteiger partial charge < -0.3 is 18.9 Å². The van der Waals surface area contributed by atoms with Crippen LogP contribution in [0.2, 0.25) is 0 Å². The Morgan fingerprint density at radius 1 is 1.31 bits per heavy atom. The summed E-state index contributed by atoms with van der Waals surface area (Å²) in [5.74, 6) is -2.06. The minimum atomic E-state index is -1.49. The molecule has 5 nitrogen and oxygen atoms in total. The molecule has 0 N–H and O–H groups in total. The van der Waals surface area contributed by atoms with Gasteiger partial charge in [-0.1, -0.05) is 6.58 Å². The van der Waals surface area contributed by atoms with Gasteiger partial charge in [-0.2, -0.15) is 0 Å². The molecule has 16 heavy (non-hydrogen) atoms. The molecule has 0 aliphatic carbocycles. The van der Waals surface area contributed by atoms with Crippen molar-refractivity contribution in [1.29, 1.82) is 0 Å². The van der Waals surface area contributed by atoms with Gasteiger partial charge in [0.15, 0.2) is 0 Å². The third-order valence-corrected chi connectivity index (χ3v) is 1.75. The van der Waals surface area contributed by atoms with E-state index in [9.17, 15) is 4.79 Å². The summed E-state index contributed by atoms with van der Waals surface area (Å²) in [6, 6.07) is 0. The molecule has 0 saturated carbocycles. The van der Waals surface area contributed by atoms with Crippen molar-refractivity contribution in [3.05, 3.63) is 12.2 Å². The molecule has 0 amide bonds. The molecule has 0 saturated heterocycles. The van der Waals surface area contributed by atoms with Gasteiger partial charge in [0, 0.05) is 19.3 Å². The van der Waals surface area contributed by atoms with Crippen LogP contribution >= 0.6 is 0 Å². The third kappa shape index (κ3) is 4.74. The summed E-state index contributed by atoms with van der Waals surface area (Å²) in [5, 5.41) is 0. The standard InChI is InChI=1S/C11H20O5/c1-6-14-8-11(13-5,15-7-2)16-10(12)9(3)4/h3,6-8H2,1-2,4-5H3. The van der Waals surface area contributed by atoms with E-state index in [1.807, 2.05) is 6.92 Å². The van der Waals surface area contributed by atoms with Crippen LogP contribution in [-0.4, -0.2) is 38.9 Å². The van der Waals surface area contributed by atoms with Gasteiger partial charge in [0.05, 0.1) is 6.61 Å². The fourth-order valence-electron chi connectivity index (χ4n) is 0.935. The van der Waals surface area contributed by atoms with Gasteiger partial charge in [-0.15, -0.1) is 0 Å². The van der Waals surface area contributed by atoms with Crippen LogP contribution < -0.4 is 0 Å². The summed E-state index contributed by atoms with van der Waals surface area (Å²) < 4.78 is 20.6. The number of rotatable bonds is 8. The maximum absolute atomic E-state index is 11.4. The maximum atomic E-state index is 11.4. The average Bonchev–Trinajstić information content (AvgIpc) is 2.26. The Balaban J connectivity index is 4.60. The minimum absolute atomic E-state index is 0.0207. The predicted molar refractivity (Wildman–Crippen MR) is 58.8 cm³/mol. The summed E-state index contributed by atoms with van der Waals surface area (Å²) in [6.45, 7) is 9.47. The van der Waals surface area contributed by atoms with E-state index in [-0.39, 0.29) is 12.2 Å². The Morgan fingerprint density at radius 2 is 1.94 bits per heavy atom. The average molecular weight is 232 g/mol. The second kappa shape index (κ2) is 7.38. The molecule has 0 aliphatic rings. The van der Waals surface area contributed by atoms with Gasteiger partial charge in [0.1, 0.15) is 6.61 Å². The summed E-state index contributed by atoms with van der Waals surface area (Å²) in [4.78, 5) is 11.4. The third-order valence-electron chi connectivity index (χ3n) is 1.75. The number of ether oxygens (including phenoxy) is 4. The molecule has 5 heteroatoms. The van der Waals surface area contributed by atoms with E-state index in [0.29, 0.717) is 13.2 Å². The van der Waals surface area contributed by atoms with Crippen LogP contribution in [0.4, 0.5) is 0 Å². The van der Waals surface area contributed by atoms with Crippen molar-refractivity contribution in [2.45, 2.75) is 26.7 Å². The number of carbonyl (C=O) groups excluding carboxylic acids is 1. The molecule has 0 bridgehead atoms. The number of hydrogen-bond donors (Lipinski definition) is 0. The highest BCUT2D eigenvalue weighted by atomic mass is 16.9. The van der Waals surface area contributed by atoms with Crippen molar-refractivity contribution < 1.29 is 23.7 Å². The molecular formula is C11H20O5. The molecule has 0 rings (SSSR count). The highest BCUT2D eigenvalue weighted by Crippen LogP contribution is 2.17. The number of esters is 1. The van der Waals surface area contributed by atoms with Crippen LogP contribution in [0.3, 0.4) is 0 Å². The zero-order valence-electron chi connectivity index (χ0n) is 10.4. The van der Waals surface area contributed by atoms with Gasteiger partial charge in [-0.3, -0.25) is 0 Å². The second-order valence-corrected chi connectivity index (χ2v) is 3.13. The van der Waals surface area contributed by atoms with E-state index in [1.54, 1.807) is 13.8 Å². The molecule has 0 fully saturated rings. The van der Waals surface area contributed by atoms with Crippen molar-refractivity contribution in [3.8, 4) is 0 Å². The van der Waals surface area contributed by atoms with E-state index in [1.165, 1.54) is 7.11 Å². The van der Waals surface area contributed by atoms with Crippen molar-refractivity contribution in [2.75, 3.05) is 26.9 Å². The second-order valence-electron chi connectivity index (χ2n) is 3.13. The smallest absolute Gasteiger partial charge is 0.353 e. The first kappa shape index (κ1) is 15.1. The van der Waals surface area contributed by atoms with Crippen LogP contribution in [0.5, 0.6) is 0 Å². The van der Waals surface area contributed by atoms with E-state index in [4.69, 9.17) is 18.9 Å². The fraction of sp³-hybridized carbons (Fsp3) is 0.727. The first-order valence-corrected chi connectivity index (χ1v) is 5.17. The van der Waals surface area contributed by atoms with E-state index in [0.717, 1.165) is 0 Å². The molecule has 94 valence electrons. The predicted octanol–water partition coefficient (Wildman–Crippen LogP) is 1.48. The molecule has 0 heterocycles. The Labute approximate surface area is 96.3 Å². The zero-order chi connectivity index (χ0) is 12.6. The number of carbonyl (C=O) groups is 1.